The van der Waals surface area contributed by atoms with Gasteiger partial charge in [0.25, 0.3) is 5.91 Å². The summed E-state index contributed by atoms with van der Waals surface area (Å²) in [6.07, 6.45) is 4.41. The number of hydrogen-bond donors (Lipinski definition) is 1. The normalized spacial score (nSPS) is 15.3. The van der Waals surface area contributed by atoms with E-state index in [-0.39, 0.29) is 5.91 Å². The van der Waals surface area contributed by atoms with Crippen molar-refractivity contribution in [3.8, 4) is 0 Å². The highest BCUT2D eigenvalue weighted by atomic mass is 32.2. The Bertz CT molecular complexity index is 695. The third-order valence-electron chi connectivity index (χ3n) is 4.05. The van der Waals surface area contributed by atoms with Crippen LogP contribution in [0.1, 0.15) is 17.0 Å². The van der Waals surface area contributed by atoms with E-state index in [2.05, 4.69) is 20.2 Å². The van der Waals surface area contributed by atoms with Gasteiger partial charge in [-0.1, -0.05) is 11.8 Å². The number of hydrogen-bond acceptors (Lipinski definition) is 6. The number of aromatic nitrogens is 1. The molecule has 9 heteroatoms. The van der Waals surface area contributed by atoms with Gasteiger partial charge < -0.3 is 19.5 Å². The summed E-state index contributed by atoms with van der Waals surface area (Å²) >= 11 is 3.46. The van der Waals surface area contributed by atoms with E-state index >= 15 is 0 Å². The molecule has 26 heavy (non-hydrogen) atoms. The summed E-state index contributed by atoms with van der Waals surface area (Å²) in [6, 6.07) is 3.45. The zero-order valence-electron chi connectivity index (χ0n) is 14.8. The van der Waals surface area contributed by atoms with Gasteiger partial charge in [0.2, 0.25) is 0 Å². The molecule has 2 aromatic heterocycles. The maximum absolute atomic E-state index is 12.3. The van der Waals surface area contributed by atoms with Gasteiger partial charge in [0.1, 0.15) is 4.34 Å². The average molecular weight is 394 g/mol. The molecule has 0 bridgehead atoms. The van der Waals surface area contributed by atoms with Gasteiger partial charge >= 0.3 is 0 Å². The van der Waals surface area contributed by atoms with E-state index < -0.39 is 0 Å². The zero-order chi connectivity index (χ0) is 18.2. The van der Waals surface area contributed by atoms with E-state index in [4.69, 9.17) is 4.42 Å². The summed E-state index contributed by atoms with van der Waals surface area (Å²) in [5.74, 6) is 2.29. The summed E-state index contributed by atoms with van der Waals surface area (Å²) < 4.78 is 6.32. The minimum atomic E-state index is -0.0446. The van der Waals surface area contributed by atoms with Gasteiger partial charge in [-0.15, -0.1) is 11.3 Å². The maximum Gasteiger partial charge on any atom is 0.289 e. The molecule has 1 saturated heterocycles. The number of nitrogens with zero attached hydrogens (tertiary/aromatic N) is 4. The van der Waals surface area contributed by atoms with E-state index in [0.29, 0.717) is 18.8 Å². The van der Waals surface area contributed by atoms with Crippen molar-refractivity contribution >= 4 is 35.0 Å². The Balaban J connectivity index is 1.37. The number of thiazole rings is 1. The van der Waals surface area contributed by atoms with Gasteiger partial charge in [-0.2, -0.15) is 0 Å². The van der Waals surface area contributed by atoms with Crippen LogP contribution in [0, 0.1) is 0 Å². The molecule has 0 radical (unpaired) electrons. The molecule has 1 fully saturated rings. The van der Waals surface area contributed by atoms with E-state index in [1.807, 2.05) is 16.5 Å². The minimum absolute atomic E-state index is 0.0446. The monoisotopic (exact) mass is 393 g/mol. The van der Waals surface area contributed by atoms with Crippen LogP contribution in [-0.2, 0) is 0 Å². The molecule has 3 heterocycles. The number of carbonyl (C=O) groups excluding carboxylic acids is 1. The van der Waals surface area contributed by atoms with Crippen molar-refractivity contribution in [3.05, 3.63) is 35.7 Å². The molecule has 2 aromatic rings. The van der Waals surface area contributed by atoms with Crippen molar-refractivity contribution in [2.45, 2.75) is 10.8 Å². The Kier molecular flexibility index (Phi) is 6.96. The predicted octanol–water partition coefficient (Wildman–Crippen LogP) is 2.25. The molecular weight excluding hydrogens is 370 g/mol. The van der Waals surface area contributed by atoms with Crippen LogP contribution in [0.4, 0.5) is 0 Å². The van der Waals surface area contributed by atoms with Crippen LogP contribution in [0.3, 0.4) is 0 Å². The molecule has 140 valence electrons. The lowest BCUT2D eigenvalue weighted by molar-refractivity contribution is 0.0658. The van der Waals surface area contributed by atoms with Crippen LogP contribution in [-0.4, -0.2) is 72.2 Å². The molecule has 1 N–H and O–H groups in total. The molecule has 0 unspecified atom stereocenters. The van der Waals surface area contributed by atoms with Crippen molar-refractivity contribution in [2.24, 2.45) is 4.99 Å². The van der Waals surface area contributed by atoms with Crippen LogP contribution >= 0.6 is 23.1 Å². The second-order valence-corrected chi connectivity index (χ2v) is 7.97. The SMILES string of the molecule is CN=C(NCCCSc1nccs1)N1CCN(C(=O)c2ccco2)CC1. The van der Waals surface area contributed by atoms with Gasteiger partial charge in [-0.3, -0.25) is 9.79 Å². The Morgan fingerprint density at radius 2 is 2.19 bits per heavy atom. The van der Waals surface area contributed by atoms with Gasteiger partial charge in [-0.25, -0.2) is 4.98 Å². The van der Waals surface area contributed by atoms with Crippen LogP contribution in [0.2, 0.25) is 0 Å². The molecule has 7 nitrogen and oxygen atoms in total. The average Bonchev–Trinajstić information content (AvgIpc) is 3.38. The number of rotatable bonds is 6. The fourth-order valence-electron chi connectivity index (χ4n) is 2.72. The first-order valence-corrected chi connectivity index (χ1v) is 10.4. The summed E-state index contributed by atoms with van der Waals surface area (Å²) in [5.41, 5.74) is 0. The third-order valence-corrected chi connectivity index (χ3v) is 6.10. The lowest BCUT2D eigenvalue weighted by atomic mass is 10.3. The second kappa shape index (κ2) is 9.63. The van der Waals surface area contributed by atoms with E-state index in [1.165, 1.54) is 6.26 Å². The molecule has 0 aromatic carbocycles. The molecule has 1 amide bonds. The van der Waals surface area contributed by atoms with Crippen molar-refractivity contribution in [1.82, 2.24) is 20.1 Å². The summed E-state index contributed by atoms with van der Waals surface area (Å²) in [4.78, 5) is 25.0. The Morgan fingerprint density at radius 1 is 1.38 bits per heavy atom. The fourth-order valence-corrected chi connectivity index (χ4v) is 4.37. The predicted molar refractivity (Wildman–Crippen MR) is 105 cm³/mol. The first-order valence-electron chi connectivity index (χ1n) is 8.58. The highest BCUT2D eigenvalue weighted by molar-refractivity contribution is 8.00. The van der Waals surface area contributed by atoms with Gasteiger partial charge in [0, 0.05) is 57.1 Å². The van der Waals surface area contributed by atoms with Crippen molar-refractivity contribution in [3.63, 3.8) is 0 Å². The summed E-state index contributed by atoms with van der Waals surface area (Å²) in [5, 5.41) is 5.41. The van der Waals surface area contributed by atoms with Crippen LogP contribution < -0.4 is 5.32 Å². The molecule has 1 aliphatic rings. The Hall–Kier alpha value is -2.00. The maximum atomic E-state index is 12.3. The van der Waals surface area contributed by atoms with E-state index in [1.54, 1.807) is 42.3 Å². The van der Waals surface area contributed by atoms with Gasteiger partial charge in [-0.05, 0) is 18.6 Å². The quantitative estimate of drug-likeness (QED) is 0.351. The first kappa shape index (κ1) is 18.8. The zero-order valence-corrected chi connectivity index (χ0v) is 16.4. The Morgan fingerprint density at radius 3 is 2.85 bits per heavy atom. The molecule has 0 aliphatic carbocycles. The number of amides is 1. The van der Waals surface area contributed by atoms with Crippen molar-refractivity contribution in [1.29, 1.82) is 0 Å². The second-order valence-electron chi connectivity index (χ2n) is 5.73. The topological polar surface area (TPSA) is 74.0 Å². The highest BCUT2D eigenvalue weighted by Gasteiger charge is 2.24. The Labute approximate surface area is 161 Å². The number of furan rings is 1. The molecular formula is C17H23N5O2S2. The number of thioether (sulfide) groups is 1. The number of aliphatic imine (C=N–C) groups is 1. The smallest absolute Gasteiger partial charge is 0.289 e. The fraction of sp³-hybridized carbons (Fsp3) is 0.471. The van der Waals surface area contributed by atoms with Crippen molar-refractivity contribution in [2.75, 3.05) is 45.5 Å². The van der Waals surface area contributed by atoms with Gasteiger partial charge in [0.05, 0.1) is 6.26 Å². The van der Waals surface area contributed by atoms with Crippen LogP contribution in [0.15, 0.2) is 43.7 Å². The molecule has 0 saturated carbocycles. The molecule has 0 spiro atoms. The summed E-state index contributed by atoms with van der Waals surface area (Å²) in [6.45, 7) is 3.73. The lowest BCUT2D eigenvalue weighted by Crippen LogP contribution is -2.53. The number of nitrogens with one attached hydrogen (secondary N) is 1. The standard InChI is InChI=1S/C17H23N5O2S2/c1-18-16(19-5-3-12-25-17-20-6-13-26-17)22-9-7-21(8-10-22)15(23)14-4-2-11-24-14/h2,4,6,11,13H,3,5,7-10,12H2,1H3,(H,18,19). The van der Waals surface area contributed by atoms with E-state index in [9.17, 15) is 4.79 Å². The highest BCUT2D eigenvalue weighted by Crippen LogP contribution is 2.20. The molecule has 1 aliphatic heterocycles. The largest absolute Gasteiger partial charge is 0.459 e. The molecule has 0 atom stereocenters. The third kappa shape index (κ3) is 5.01. The number of carbonyl (C=O) groups is 1. The van der Waals surface area contributed by atoms with Crippen LogP contribution in [0.5, 0.6) is 0 Å². The molecule has 3 rings (SSSR count). The summed E-state index contributed by atoms with van der Waals surface area (Å²) in [7, 11) is 1.80. The minimum Gasteiger partial charge on any atom is -0.459 e. The number of guanidine groups is 1. The van der Waals surface area contributed by atoms with E-state index in [0.717, 1.165) is 42.1 Å². The van der Waals surface area contributed by atoms with Gasteiger partial charge in [0.15, 0.2) is 11.7 Å². The van der Waals surface area contributed by atoms with Crippen LogP contribution in [0.25, 0.3) is 0 Å². The van der Waals surface area contributed by atoms with Crippen molar-refractivity contribution < 1.29 is 9.21 Å². The number of piperazine rings is 1. The first-order chi connectivity index (χ1) is 12.8. The lowest BCUT2D eigenvalue weighted by Gasteiger charge is -2.36.